The fourth-order valence-electron chi connectivity index (χ4n) is 2.23. The second-order valence-corrected chi connectivity index (χ2v) is 10.7. The Morgan fingerprint density at radius 3 is 2.32 bits per heavy atom. The van der Waals surface area contributed by atoms with Crippen LogP contribution in [-0.2, 0) is 4.12 Å². The molecule has 0 aliphatic heterocycles. The summed E-state index contributed by atoms with van der Waals surface area (Å²) in [5.41, 5.74) is 1.17. The van der Waals surface area contributed by atoms with Gasteiger partial charge in [-0.3, -0.25) is 0 Å². The first kappa shape index (κ1) is 16.5. The highest BCUT2D eigenvalue weighted by Gasteiger charge is 2.40. The zero-order valence-corrected chi connectivity index (χ0v) is 14.0. The Bertz CT molecular complexity index is 383. The molecule has 108 valence electrons. The van der Waals surface area contributed by atoms with Crippen molar-refractivity contribution < 1.29 is 17.3 Å². The number of rotatable bonds is 6. The summed E-state index contributed by atoms with van der Waals surface area (Å²) in [6, 6.07) is 9.86. The highest BCUT2D eigenvalue weighted by molar-refractivity contribution is 6.77. The van der Waals surface area contributed by atoms with Crippen LogP contribution in [0.15, 0.2) is 30.3 Å². The topological polar surface area (TPSA) is 9.23 Å². The average molecular weight is 306 g/mol. The molecule has 1 rings (SSSR count). The van der Waals surface area contributed by atoms with E-state index >= 15 is 0 Å². The van der Waals surface area contributed by atoms with E-state index in [1.54, 1.807) is 0 Å². The molecule has 0 aromatic heterocycles. The molecule has 2 unspecified atom stereocenters. The van der Waals surface area contributed by atoms with E-state index in [2.05, 4.69) is 0 Å². The SMILES string of the molecule is C[SiH2]O[Si](C)(CCC(F)(F)F)C(C)c1ccccc1. The first-order valence-electron chi connectivity index (χ1n) is 6.54. The maximum Gasteiger partial charge on any atom is 0.388 e. The summed E-state index contributed by atoms with van der Waals surface area (Å²) in [6.45, 7) is 5.92. The van der Waals surface area contributed by atoms with Crippen LogP contribution in [0.3, 0.4) is 0 Å². The fraction of sp³-hybridized carbons (Fsp3) is 0.538. The van der Waals surface area contributed by atoms with Crippen LogP contribution in [0, 0.1) is 0 Å². The van der Waals surface area contributed by atoms with Crippen molar-refractivity contribution in [2.75, 3.05) is 0 Å². The van der Waals surface area contributed by atoms with E-state index in [0.29, 0.717) is 0 Å². The molecule has 0 heterocycles. The number of alkyl halides is 3. The van der Waals surface area contributed by atoms with Gasteiger partial charge in [-0.25, -0.2) is 0 Å². The second-order valence-electron chi connectivity index (χ2n) is 4.99. The smallest absolute Gasteiger partial charge is 0.388 e. The highest BCUT2D eigenvalue weighted by Crippen LogP contribution is 2.35. The van der Waals surface area contributed by atoms with Gasteiger partial charge in [-0.15, -0.1) is 0 Å². The van der Waals surface area contributed by atoms with Crippen LogP contribution in [0.2, 0.25) is 19.1 Å². The predicted molar refractivity (Wildman–Crippen MR) is 77.4 cm³/mol. The fourth-order valence-corrected chi connectivity index (χ4v) is 8.55. The molecule has 0 radical (unpaired) electrons. The van der Waals surface area contributed by atoms with Gasteiger partial charge in [-0.05, 0) is 23.7 Å². The van der Waals surface area contributed by atoms with Gasteiger partial charge in [-0.1, -0.05) is 43.8 Å². The Hall–Kier alpha value is -0.596. The Morgan fingerprint density at radius 1 is 1.26 bits per heavy atom. The van der Waals surface area contributed by atoms with Crippen molar-refractivity contribution in [1.82, 2.24) is 0 Å². The molecular weight excluding hydrogens is 285 g/mol. The summed E-state index contributed by atoms with van der Waals surface area (Å²) in [7, 11) is -3.07. The largest absolute Gasteiger partial charge is 0.460 e. The van der Waals surface area contributed by atoms with E-state index in [1.807, 2.05) is 50.3 Å². The van der Waals surface area contributed by atoms with Crippen LogP contribution < -0.4 is 0 Å². The number of benzene rings is 1. The quantitative estimate of drug-likeness (QED) is 0.722. The van der Waals surface area contributed by atoms with Gasteiger partial charge in [0.15, 0.2) is 8.32 Å². The minimum absolute atomic E-state index is 0.0866. The van der Waals surface area contributed by atoms with Crippen LogP contribution >= 0.6 is 0 Å². The summed E-state index contributed by atoms with van der Waals surface area (Å²) in [5, 5.41) is 0. The molecule has 0 spiro atoms. The van der Waals surface area contributed by atoms with Crippen LogP contribution in [0.25, 0.3) is 0 Å². The van der Waals surface area contributed by atoms with Gasteiger partial charge >= 0.3 is 6.18 Å². The van der Waals surface area contributed by atoms with Gasteiger partial charge in [0.2, 0.25) is 0 Å². The van der Waals surface area contributed by atoms with Crippen molar-refractivity contribution >= 4 is 18.1 Å². The summed E-state index contributed by atoms with van der Waals surface area (Å²) in [4.78, 5) is 0. The first-order chi connectivity index (χ1) is 8.78. The lowest BCUT2D eigenvalue weighted by atomic mass is 10.2. The third-order valence-electron chi connectivity index (χ3n) is 3.59. The molecule has 1 aromatic rings. The molecule has 0 N–H and O–H groups in total. The molecule has 0 bridgehead atoms. The molecule has 19 heavy (non-hydrogen) atoms. The van der Waals surface area contributed by atoms with Crippen LogP contribution in [-0.4, -0.2) is 24.3 Å². The Balaban J connectivity index is 2.85. The van der Waals surface area contributed by atoms with Gasteiger partial charge in [-0.2, -0.15) is 13.2 Å². The third kappa shape index (κ3) is 5.12. The van der Waals surface area contributed by atoms with Crippen molar-refractivity contribution in [3.05, 3.63) is 35.9 Å². The van der Waals surface area contributed by atoms with Crippen molar-refractivity contribution in [3.63, 3.8) is 0 Å². The second kappa shape index (κ2) is 6.72. The molecule has 0 saturated heterocycles. The summed E-state index contributed by atoms with van der Waals surface area (Å²) in [5.74, 6) is 0. The van der Waals surface area contributed by atoms with Gasteiger partial charge in [0.25, 0.3) is 0 Å². The standard InChI is InChI=1S/C13H21F3OSi2/c1-11(12-7-5-4-6-8-12)19(3,17-18-2)10-9-13(14,15)16/h4-8,11H,9-10,18H2,1-3H3. The monoisotopic (exact) mass is 306 g/mol. The van der Waals surface area contributed by atoms with Crippen molar-refractivity contribution in [3.8, 4) is 0 Å². The highest BCUT2D eigenvalue weighted by atomic mass is 28.4. The Morgan fingerprint density at radius 2 is 1.84 bits per heavy atom. The first-order valence-corrected chi connectivity index (χ1v) is 11.2. The third-order valence-corrected chi connectivity index (χ3v) is 10.8. The van der Waals surface area contributed by atoms with Crippen molar-refractivity contribution in [2.24, 2.45) is 0 Å². The number of hydrogen-bond acceptors (Lipinski definition) is 1. The van der Waals surface area contributed by atoms with Gasteiger partial charge in [0.1, 0.15) is 9.76 Å². The predicted octanol–water partition coefficient (Wildman–Crippen LogP) is 4.01. The van der Waals surface area contributed by atoms with Crippen molar-refractivity contribution in [2.45, 2.75) is 44.2 Å². The van der Waals surface area contributed by atoms with E-state index in [0.717, 1.165) is 5.56 Å². The molecule has 0 fully saturated rings. The average Bonchev–Trinajstić information content (AvgIpc) is 2.36. The maximum atomic E-state index is 12.5. The van der Waals surface area contributed by atoms with Crippen LogP contribution in [0.4, 0.5) is 13.2 Å². The van der Waals surface area contributed by atoms with Crippen molar-refractivity contribution in [1.29, 1.82) is 0 Å². The minimum atomic E-state index is -4.09. The lowest BCUT2D eigenvalue weighted by molar-refractivity contribution is -0.131. The lowest BCUT2D eigenvalue weighted by Crippen LogP contribution is -2.42. The lowest BCUT2D eigenvalue weighted by Gasteiger charge is -2.34. The molecule has 0 amide bonds. The van der Waals surface area contributed by atoms with E-state index in [9.17, 15) is 13.2 Å². The molecular formula is C13H21F3OSi2. The normalized spacial score (nSPS) is 17.6. The van der Waals surface area contributed by atoms with Gasteiger partial charge < -0.3 is 4.12 Å². The minimum Gasteiger partial charge on any atom is -0.460 e. The molecule has 0 saturated carbocycles. The molecule has 6 heteroatoms. The molecule has 0 aliphatic carbocycles. The number of halogens is 3. The molecule has 0 aliphatic rings. The number of hydrogen-bond donors (Lipinski definition) is 0. The summed E-state index contributed by atoms with van der Waals surface area (Å²) >= 11 is 0. The van der Waals surface area contributed by atoms with Crippen LogP contribution in [0.5, 0.6) is 0 Å². The van der Waals surface area contributed by atoms with E-state index in [4.69, 9.17) is 4.12 Å². The van der Waals surface area contributed by atoms with E-state index in [1.165, 1.54) is 0 Å². The van der Waals surface area contributed by atoms with E-state index < -0.39 is 30.7 Å². The Kier molecular flexibility index (Phi) is 5.82. The molecule has 1 aromatic carbocycles. The maximum absolute atomic E-state index is 12.5. The zero-order chi connectivity index (χ0) is 14.5. The zero-order valence-electron chi connectivity index (χ0n) is 11.6. The van der Waals surface area contributed by atoms with Gasteiger partial charge in [0, 0.05) is 6.42 Å². The molecule has 2 atom stereocenters. The van der Waals surface area contributed by atoms with Gasteiger partial charge in [0.05, 0.1) is 0 Å². The van der Waals surface area contributed by atoms with Crippen LogP contribution in [0.1, 0.15) is 24.4 Å². The summed E-state index contributed by atoms with van der Waals surface area (Å²) < 4.78 is 43.3. The Labute approximate surface area is 116 Å². The van der Waals surface area contributed by atoms with E-state index in [-0.39, 0.29) is 11.6 Å². The molecule has 1 nitrogen and oxygen atoms in total. The summed E-state index contributed by atoms with van der Waals surface area (Å²) in [6.07, 6.45) is -4.83.